The Labute approximate surface area is 214 Å². The van der Waals surface area contributed by atoms with Gasteiger partial charge in [0.25, 0.3) is 17.1 Å². The molecule has 0 radical (unpaired) electrons. The van der Waals surface area contributed by atoms with E-state index in [0.717, 1.165) is 30.9 Å². The molecule has 0 bridgehead atoms. The van der Waals surface area contributed by atoms with Gasteiger partial charge in [0.05, 0.1) is 26.9 Å². The van der Waals surface area contributed by atoms with Crippen LogP contribution in [0.1, 0.15) is 15.9 Å². The van der Waals surface area contributed by atoms with Gasteiger partial charge >= 0.3 is 0 Å². The maximum absolute atomic E-state index is 13.4. The first kappa shape index (κ1) is 24.7. The van der Waals surface area contributed by atoms with Crippen LogP contribution in [-0.2, 0) is 17.7 Å². The third kappa shape index (κ3) is 5.25. The fourth-order valence-electron chi connectivity index (χ4n) is 4.59. The van der Waals surface area contributed by atoms with Crippen LogP contribution in [0.3, 0.4) is 0 Å². The first-order valence-corrected chi connectivity index (χ1v) is 12.4. The van der Waals surface area contributed by atoms with Crippen LogP contribution in [0.25, 0.3) is 16.7 Å². The van der Waals surface area contributed by atoms with Gasteiger partial charge in [-0.15, -0.1) is 0 Å². The minimum absolute atomic E-state index is 0.249. The number of nitrogens with zero attached hydrogens (tertiary/aromatic N) is 4. The fraction of sp³-hybridized carbons (Fsp3) is 0.333. The molecule has 0 unspecified atom stereocenters. The number of carbonyl (C=O) groups excluding carboxylic acids is 1. The van der Waals surface area contributed by atoms with Gasteiger partial charge in [-0.25, -0.2) is 4.57 Å². The number of pyridine rings is 2. The van der Waals surface area contributed by atoms with E-state index in [4.69, 9.17) is 20.2 Å². The Kier molecular flexibility index (Phi) is 7.29. The summed E-state index contributed by atoms with van der Waals surface area (Å²) in [6.07, 6.45) is 2.30. The Morgan fingerprint density at radius 1 is 1.19 bits per heavy atom. The molecule has 3 N–H and O–H groups in total. The predicted molar refractivity (Wildman–Crippen MR) is 140 cm³/mol. The molecule has 5 rings (SSSR count). The van der Waals surface area contributed by atoms with E-state index in [-0.39, 0.29) is 22.8 Å². The molecule has 1 aliphatic heterocycles. The van der Waals surface area contributed by atoms with Crippen molar-refractivity contribution < 1.29 is 18.8 Å². The molecular formula is C27H31N6O4+. The summed E-state index contributed by atoms with van der Waals surface area (Å²) in [5.41, 5.74) is 8.62. The summed E-state index contributed by atoms with van der Waals surface area (Å²) < 4.78 is 13.9. The SMILES string of the molecule is COc1ccc(CC[n+]2c(N)c(C(=O)NCCN3CCOCC3)cc3c(=O)n4ccccc4nc32)cc1. The van der Waals surface area contributed by atoms with Crippen LogP contribution < -0.4 is 25.9 Å². The largest absolute Gasteiger partial charge is 0.497 e. The van der Waals surface area contributed by atoms with E-state index in [1.54, 1.807) is 36.1 Å². The minimum atomic E-state index is -0.316. The van der Waals surface area contributed by atoms with E-state index in [1.165, 1.54) is 4.40 Å². The topological polar surface area (TPSA) is 115 Å². The molecule has 0 aliphatic carbocycles. The fourth-order valence-corrected chi connectivity index (χ4v) is 4.59. The number of aryl methyl sites for hydroxylation is 2. The molecule has 10 heteroatoms. The molecule has 3 aromatic heterocycles. The second-order valence-electron chi connectivity index (χ2n) is 8.99. The average molecular weight is 504 g/mol. The van der Waals surface area contributed by atoms with Crippen molar-refractivity contribution in [1.82, 2.24) is 19.6 Å². The summed E-state index contributed by atoms with van der Waals surface area (Å²) >= 11 is 0. The van der Waals surface area contributed by atoms with Gasteiger partial charge in [-0.1, -0.05) is 23.2 Å². The molecule has 192 valence electrons. The van der Waals surface area contributed by atoms with E-state index in [2.05, 4.69) is 10.2 Å². The number of nitrogens with two attached hydrogens (primary N) is 1. The van der Waals surface area contributed by atoms with Gasteiger partial charge in [-0.2, -0.15) is 0 Å². The Morgan fingerprint density at radius 3 is 2.73 bits per heavy atom. The number of nitrogens with one attached hydrogen (secondary N) is 1. The van der Waals surface area contributed by atoms with Crippen molar-refractivity contribution in [3.63, 3.8) is 0 Å². The van der Waals surface area contributed by atoms with E-state index >= 15 is 0 Å². The van der Waals surface area contributed by atoms with Crippen molar-refractivity contribution in [3.05, 3.63) is 76.2 Å². The highest BCUT2D eigenvalue weighted by molar-refractivity contribution is 6.00. The zero-order valence-electron chi connectivity index (χ0n) is 20.9. The van der Waals surface area contributed by atoms with Gasteiger partial charge in [0.1, 0.15) is 16.7 Å². The summed E-state index contributed by atoms with van der Waals surface area (Å²) in [5.74, 6) is 0.735. The molecule has 4 heterocycles. The van der Waals surface area contributed by atoms with Gasteiger partial charge < -0.3 is 20.5 Å². The van der Waals surface area contributed by atoms with Crippen LogP contribution in [0.15, 0.2) is 59.5 Å². The highest BCUT2D eigenvalue weighted by Gasteiger charge is 2.24. The number of hydrogen-bond acceptors (Lipinski definition) is 7. The van der Waals surface area contributed by atoms with Crippen LogP contribution in [-0.4, -0.2) is 66.7 Å². The number of morpholine rings is 1. The Morgan fingerprint density at radius 2 is 1.97 bits per heavy atom. The molecule has 1 saturated heterocycles. The number of anilines is 1. The number of ether oxygens (including phenoxy) is 2. The highest BCUT2D eigenvalue weighted by atomic mass is 16.5. The first-order valence-electron chi connectivity index (χ1n) is 12.4. The number of carbonyl (C=O) groups is 1. The average Bonchev–Trinajstić information content (AvgIpc) is 2.93. The normalized spacial score (nSPS) is 14.2. The lowest BCUT2D eigenvalue weighted by molar-refractivity contribution is -0.658. The van der Waals surface area contributed by atoms with E-state index in [1.807, 2.05) is 30.3 Å². The zero-order chi connectivity index (χ0) is 25.8. The van der Waals surface area contributed by atoms with Crippen LogP contribution >= 0.6 is 0 Å². The monoisotopic (exact) mass is 503 g/mol. The molecule has 4 aromatic rings. The number of methoxy groups -OCH3 is 1. The third-order valence-electron chi connectivity index (χ3n) is 6.71. The standard InChI is InChI=1S/C27H30N6O4/c1-36-20-7-5-19(6-8-20)9-12-33-24(28)21(26(34)29-10-13-31-14-16-37-17-15-31)18-22-25(33)30-23-4-2-3-11-32(23)27(22)35/h2-8,11,18,28H,9-10,12-17H2,1H3,(H,29,34)/p+1. The van der Waals surface area contributed by atoms with Crippen molar-refractivity contribution in [1.29, 1.82) is 0 Å². The lowest BCUT2D eigenvalue weighted by Gasteiger charge is -2.26. The van der Waals surface area contributed by atoms with Gasteiger partial charge in [-0.05, 0) is 35.9 Å². The Hall–Kier alpha value is -4.02. The summed E-state index contributed by atoms with van der Waals surface area (Å²) in [6, 6.07) is 14.7. The molecular weight excluding hydrogens is 472 g/mol. The maximum Gasteiger partial charge on any atom is 0.278 e. The second-order valence-corrected chi connectivity index (χ2v) is 8.99. The molecule has 0 saturated carbocycles. The smallest absolute Gasteiger partial charge is 0.278 e. The van der Waals surface area contributed by atoms with Crippen molar-refractivity contribution in [2.24, 2.45) is 0 Å². The van der Waals surface area contributed by atoms with Crippen molar-refractivity contribution in [3.8, 4) is 5.75 Å². The Balaban J connectivity index is 1.49. The molecule has 1 aliphatic rings. The zero-order valence-corrected chi connectivity index (χ0v) is 20.9. The quantitative estimate of drug-likeness (QED) is 0.273. The molecule has 1 fully saturated rings. The van der Waals surface area contributed by atoms with Crippen LogP contribution in [0.4, 0.5) is 5.82 Å². The first-order chi connectivity index (χ1) is 18.0. The highest BCUT2D eigenvalue weighted by Crippen LogP contribution is 2.16. The van der Waals surface area contributed by atoms with Gasteiger partial charge in [0.2, 0.25) is 11.5 Å². The van der Waals surface area contributed by atoms with E-state index in [9.17, 15) is 9.59 Å². The van der Waals surface area contributed by atoms with Gasteiger partial charge in [0.15, 0.2) is 0 Å². The molecule has 0 spiro atoms. The summed E-state index contributed by atoms with van der Waals surface area (Å²) in [6.45, 7) is 4.71. The number of amides is 1. The van der Waals surface area contributed by atoms with Gasteiger partial charge in [-0.3, -0.25) is 18.9 Å². The molecule has 10 nitrogen and oxygen atoms in total. The molecule has 1 amide bonds. The number of fused-ring (bicyclic) bond motifs is 2. The predicted octanol–water partition coefficient (Wildman–Crippen LogP) is 1.03. The number of benzene rings is 1. The third-order valence-corrected chi connectivity index (χ3v) is 6.71. The van der Waals surface area contributed by atoms with Crippen molar-refractivity contribution in [2.45, 2.75) is 13.0 Å². The lowest BCUT2D eigenvalue weighted by atomic mass is 10.1. The number of aromatic nitrogens is 3. The summed E-state index contributed by atoms with van der Waals surface area (Å²) in [7, 11) is 1.63. The minimum Gasteiger partial charge on any atom is -0.497 e. The van der Waals surface area contributed by atoms with Crippen molar-refractivity contribution >= 4 is 28.4 Å². The van der Waals surface area contributed by atoms with Crippen LogP contribution in [0.2, 0.25) is 0 Å². The summed E-state index contributed by atoms with van der Waals surface area (Å²) in [4.78, 5) is 33.6. The lowest BCUT2D eigenvalue weighted by Crippen LogP contribution is -2.44. The van der Waals surface area contributed by atoms with E-state index in [0.29, 0.717) is 49.4 Å². The summed E-state index contributed by atoms with van der Waals surface area (Å²) in [5, 5.41) is 3.30. The van der Waals surface area contributed by atoms with E-state index < -0.39 is 0 Å². The molecule has 37 heavy (non-hydrogen) atoms. The second kappa shape index (κ2) is 10.9. The van der Waals surface area contributed by atoms with Crippen LogP contribution in [0, 0.1) is 0 Å². The van der Waals surface area contributed by atoms with Gasteiger partial charge in [0, 0.05) is 38.8 Å². The molecule has 0 atom stereocenters. The maximum atomic E-state index is 13.4. The Bertz CT molecular complexity index is 1480. The van der Waals surface area contributed by atoms with Crippen LogP contribution in [0.5, 0.6) is 5.75 Å². The van der Waals surface area contributed by atoms with Crippen molar-refractivity contribution in [2.75, 3.05) is 52.2 Å². The number of hydrogen-bond donors (Lipinski definition) is 2. The number of rotatable bonds is 8. The number of nitrogen functional groups attached to an aromatic ring is 1. The molecule has 1 aromatic carbocycles.